The van der Waals surface area contributed by atoms with E-state index in [1.165, 1.54) is 40.7 Å². The molecule has 0 aliphatic rings. The van der Waals surface area contributed by atoms with E-state index in [-0.39, 0.29) is 27.5 Å². The van der Waals surface area contributed by atoms with Crippen LogP contribution in [0.1, 0.15) is 24.2 Å². The second-order valence-electron chi connectivity index (χ2n) is 5.60. The molecule has 10 heteroatoms. The number of benzene rings is 2. The number of nitrogens with two attached hydrogens (primary N) is 1. The summed E-state index contributed by atoms with van der Waals surface area (Å²) in [6, 6.07) is 9.53. The summed E-state index contributed by atoms with van der Waals surface area (Å²) >= 11 is 0. The van der Waals surface area contributed by atoms with Crippen molar-refractivity contribution in [3.63, 3.8) is 0 Å². The number of nitro groups is 1. The largest absolute Gasteiger partial charge is 0.393 e. The Morgan fingerprint density at radius 3 is 2.44 bits per heavy atom. The molecule has 0 spiro atoms. The summed E-state index contributed by atoms with van der Waals surface area (Å²) in [5, 5.41) is 13.5. The van der Waals surface area contributed by atoms with Crippen molar-refractivity contribution < 1.29 is 18.1 Å². The first kappa shape index (κ1) is 20.3. The van der Waals surface area contributed by atoms with Gasteiger partial charge in [0.1, 0.15) is 5.69 Å². The van der Waals surface area contributed by atoms with Crippen molar-refractivity contribution in [2.24, 2.45) is 0 Å². The topological polar surface area (TPSA) is 136 Å². The maximum Gasteiger partial charge on any atom is 0.292 e. The average Bonchev–Trinajstić information content (AvgIpc) is 2.62. The smallest absolute Gasteiger partial charge is 0.292 e. The van der Waals surface area contributed by atoms with E-state index in [4.69, 9.17) is 5.73 Å². The van der Waals surface area contributed by atoms with E-state index in [0.717, 1.165) is 6.07 Å². The Bertz CT molecular complexity index is 971. The van der Waals surface area contributed by atoms with Crippen LogP contribution in [-0.4, -0.2) is 36.6 Å². The fraction of sp³-hybridized carbons (Fsp3) is 0.235. The van der Waals surface area contributed by atoms with Gasteiger partial charge in [0.05, 0.1) is 9.82 Å². The molecule has 1 amide bonds. The molecule has 0 saturated carbocycles. The molecule has 0 atom stereocenters. The quantitative estimate of drug-likeness (QED) is 0.422. The molecule has 2 rings (SSSR count). The number of nitro benzene ring substituents is 1. The van der Waals surface area contributed by atoms with E-state index in [1.54, 1.807) is 13.8 Å². The molecule has 0 aromatic heterocycles. The summed E-state index contributed by atoms with van der Waals surface area (Å²) in [4.78, 5) is 22.7. The van der Waals surface area contributed by atoms with E-state index in [9.17, 15) is 23.3 Å². The number of rotatable bonds is 7. The molecule has 0 aliphatic carbocycles. The fourth-order valence-corrected chi connectivity index (χ4v) is 4.00. The van der Waals surface area contributed by atoms with Gasteiger partial charge in [-0.2, -0.15) is 4.31 Å². The highest BCUT2D eigenvalue weighted by Gasteiger charge is 2.22. The second-order valence-corrected chi connectivity index (χ2v) is 7.54. The third-order valence-electron chi connectivity index (χ3n) is 3.92. The van der Waals surface area contributed by atoms with Crippen LogP contribution >= 0.6 is 0 Å². The first-order chi connectivity index (χ1) is 12.7. The molecule has 0 unspecified atom stereocenters. The van der Waals surface area contributed by atoms with Crippen LogP contribution in [0.2, 0.25) is 0 Å². The summed E-state index contributed by atoms with van der Waals surface area (Å²) < 4.78 is 26.5. The zero-order valence-corrected chi connectivity index (χ0v) is 15.7. The fourth-order valence-electron chi connectivity index (χ4n) is 2.49. The Morgan fingerprint density at radius 2 is 1.85 bits per heavy atom. The number of nitrogen functional groups attached to an aromatic ring is 1. The van der Waals surface area contributed by atoms with Gasteiger partial charge in [0, 0.05) is 30.4 Å². The van der Waals surface area contributed by atoms with Gasteiger partial charge in [0.25, 0.3) is 11.6 Å². The number of nitrogens with zero attached hydrogens (tertiary/aromatic N) is 2. The van der Waals surface area contributed by atoms with Gasteiger partial charge in [-0.3, -0.25) is 14.9 Å². The number of hydrogen-bond donors (Lipinski definition) is 2. The minimum absolute atomic E-state index is 0.0351. The predicted octanol–water partition coefficient (Wildman–Crippen LogP) is 2.46. The Hall–Kier alpha value is -2.98. The van der Waals surface area contributed by atoms with Crippen LogP contribution in [0, 0.1) is 10.1 Å². The third-order valence-corrected chi connectivity index (χ3v) is 5.97. The van der Waals surface area contributed by atoms with E-state index in [0.29, 0.717) is 13.1 Å². The van der Waals surface area contributed by atoms with Gasteiger partial charge in [0.15, 0.2) is 0 Å². The monoisotopic (exact) mass is 392 g/mol. The van der Waals surface area contributed by atoms with Crippen LogP contribution in [0.5, 0.6) is 0 Å². The third kappa shape index (κ3) is 4.41. The van der Waals surface area contributed by atoms with E-state index in [2.05, 4.69) is 5.32 Å². The van der Waals surface area contributed by atoms with Gasteiger partial charge in [-0.1, -0.05) is 19.9 Å². The standard InChI is InChI=1S/C17H20N4O5S/c1-3-20(4-2)27(25,26)14-7-5-6-13(11-14)19-17(22)12-8-9-15(18)16(10-12)21(23)24/h5-11H,3-4,18H2,1-2H3,(H,19,22). The summed E-state index contributed by atoms with van der Waals surface area (Å²) in [6.45, 7) is 4.12. The maximum absolute atomic E-state index is 12.6. The average molecular weight is 392 g/mol. The lowest BCUT2D eigenvalue weighted by Crippen LogP contribution is -2.30. The highest BCUT2D eigenvalue weighted by molar-refractivity contribution is 7.89. The highest BCUT2D eigenvalue weighted by atomic mass is 32.2. The van der Waals surface area contributed by atoms with Crippen LogP contribution in [0.15, 0.2) is 47.4 Å². The normalized spacial score (nSPS) is 11.4. The number of hydrogen-bond acceptors (Lipinski definition) is 6. The minimum atomic E-state index is -3.67. The van der Waals surface area contributed by atoms with Crippen LogP contribution in [0.4, 0.5) is 17.1 Å². The molecule has 0 radical (unpaired) electrons. The summed E-state index contributed by atoms with van der Waals surface area (Å²) in [5.74, 6) is -0.615. The first-order valence-corrected chi connectivity index (χ1v) is 9.60. The molecule has 0 aliphatic heterocycles. The second kappa shape index (κ2) is 8.14. The number of carbonyl (C=O) groups is 1. The van der Waals surface area contributed by atoms with E-state index >= 15 is 0 Å². The van der Waals surface area contributed by atoms with Gasteiger partial charge < -0.3 is 11.1 Å². The van der Waals surface area contributed by atoms with Gasteiger partial charge in [-0.15, -0.1) is 0 Å². The molecule has 27 heavy (non-hydrogen) atoms. The summed E-state index contributed by atoms with van der Waals surface area (Å²) in [7, 11) is -3.67. The molecule has 2 aromatic carbocycles. The van der Waals surface area contributed by atoms with Crippen LogP contribution in [0.25, 0.3) is 0 Å². The molecule has 144 valence electrons. The van der Waals surface area contributed by atoms with Crippen LogP contribution in [-0.2, 0) is 10.0 Å². The summed E-state index contributed by atoms with van der Waals surface area (Å²) in [6.07, 6.45) is 0. The number of nitrogens with one attached hydrogen (secondary N) is 1. The van der Waals surface area contributed by atoms with E-state index in [1.807, 2.05) is 0 Å². The van der Waals surface area contributed by atoms with Crippen molar-refractivity contribution in [3.8, 4) is 0 Å². The molecule has 0 bridgehead atoms. The van der Waals surface area contributed by atoms with Gasteiger partial charge in [-0.05, 0) is 30.3 Å². The lowest BCUT2D eigenvalue weighted by Gasteiger charge is -2.18. The molecule has 3 N–H and O–H groups in total. The van der Waals surface area contributed by atoms with Gasteiger partial charge in [0.2, 0.25) is 10.0 Å². The van der Waals surface area contributed by atoms with Crippen molar-refractivity contribution in [2.45, 2.75) is 18.7 Å². The highest BCUT2D eigenvalue weighted by Crippen LogP contribution is 2.24. The molecule has 9 nitrogen and oxygen atoms in total. The van der Waals surface area contributed by atoms with Gasteiger partial charge >= 0.3 is 0 Å². The zero-order valence-electron chi connectivity index (χ0n) is 14.9. The zero-order chi connectivity index (χ0) is 20.2. The number of amides is 1. The Balaban J connectivity index is 2.30. The Morgan fingerprint density at radius 1 is 1.19 bits per heavy atom. The lowest BCUT2D eigenvalue weighted by atomic mass is 10.1. The van der Waals surface area contributed by atoms with Crippen LogP contribution < -0.4 is 11.1 Å². The van der Waals surface area contributed by atoms with Crippen molar-refractivity contribution >= 4 is 33.0 Å². The predicted molar refractivity (Wildman–Crippen MR) is 102 cm³/mol. The molecule has 0 saturated heterocycles. The van der Waals surface area contributed by atoms with Crippen molar-refractivity contribution in [1.29, 1.82) is 0 Å². The number of carbonyl (C=O) groups excluding carboxylic acids is 1. The SMILES string of the molecule is CCN(CC)S(=O)(=O)c1cccc(NC(=O)c2ccc(N)c([N+](=O)[O-])c2)c1. The van der Waals surface area contributed by atoms with Crippen LogP contribution in [0.3, 0.4) is 0 Å². The minimum Gasteiger partial charge on any atom is -0.393 e. The summed E-state index contributed by atoms with van der Waals surface area (Å²) in [5.41, 5.74) is 5.39. The molecular weight excluding hydrogens is 372 g/mol. The molecule has 2 aromatic rings. The van der Waals surface area contributed by atoms with Crippen molar-refractivity contribution in [2.75, 3.05) is 24.1 Å². The van der Waals surface area contributed by atoms with E-state index < -0.39 is 20.9 Å². The lowest BCUT2D eigenvalue weighted by molar-refractivity contribution is -0.383. The maximum atomic E-state index is 12.6. The Labute approximate surface area is 157 Å². The number of anilines is 2. The molecule has 0 heterocycles. The number of sulfonamides is 1. The molecule has 0 fully saturated rings. The van der Waals surface area contributed by atoms with Gasteiger partial charge in [-0.25, -0.2) is 8.42 Å². The Kier molecular flexibility index (Phi) is 6.13. The van der Waals surface area contributed by atoms with Crippen molar-refractivity contribution in [1.82, 2.24) is 4.31 Å². The first-order valence-electron chi connectivity index (χ1n) is 8.16. The van der Waals surface area contributed by atoms with Crippen molar-refractivity contribution in [3.05, 3.63) is 58.1 Å². The molecular formula is C17H20N4O5S.